The average Bonchev–Trinajstić information content (AvgIpc) is 3.44. The number of benzene rings is 2. The van der Waals surface area contributed by atoms with Gasteiger partial charge in [-0.3, -0.25) is 9.69 Å². The largest absolute Gasteiger partial charge is 0.493 e. The molecule has 2 aliphatic rings. The van der Waals surface area contributed by atoms with Gasteiger partial charge in [-0.05, 0) is 61.1 Å². The molecule has 4 atom stereocenters. The number of nitrogens with one attached hydrogen (secondary N) is 1. The maximum Gasteiger partial charge on any atom is 0.221 e. The maximum absolute atomic E-state index is 11.0. The summed E-state index contributed by atoms with van der Waals surface area (Å²) in [6, 6.07) is 14.1. The van der Waals surface area contributed by atoms with E-state index >= 15 is 0 Å². The van der Waals surface area contributed by atoms with Crippen molar-refractivity contribution < 1.29 is 28.8 Å². The van der Waals surface area contributed by atoms with Gasteiger partial charge in [0.2, 0.25) is 5.91 Å². The molecule has 1 aliphatic heterocycles. The summed E-state index contributed by atoms with van der Waals surface area (Å²) in [4.78, 5) is 13.6. The molecule has 1 amide bonds. The van der Waals surface area contributed by atoms with Gasteiger partial charge in [-0.1, -0.05) is 31.0 Å². The highest BCUT2D eigenvalue weighted by Crippen LogP contribution is 2.30. The van der Waals surface area contributed by atoms with E-state index in [9.17, 15) is 9.90 Å². The lowest BCUT2D eigenvalue weighted by Gasteiger charge is -2.38. The van der Waals surface area contributed by atoms with Crippen LogP contribution in [0, 0.1) is 0 Å². The Morgan fingerprint density at radius 2 is 1.80 bits per heavy atom. The van der Waals surface area contributed by atoms with Crippen LogP contribution in [0.4, 0.5) is 0 Å². The van der Waals surface area contributed by atoms with Crippen LogP contribution in [0.5, 0.6) is 17.2 Å². The highest BCUT2D eigenvalue weighted by Gasteiger charge is 2.35. The maximum atomic E-state index is 11.0. The van der Waals surface area contributed by atoms with Gasteiger partial charge >= 0.3 is 0 Å². The molecule has 40 heavy (non-hydrogen) atoms. The smallest absolute Gasteiger partial charge is 0.221 e. The normalized spacial score (nSPS) is 22.1. The predicted molar refractivity (Wildman–Crippen MR) is 154 cm³/mol. The second-order valence-electron chi connectivity index (χ2n) is 10.8. The lowest BCUT2D eigenvalue weighted by Crippen LogP contribution is -2.47. The van der Waals surface area contributed by atoms with Crippen molar-refractivity contribution in [2.45, 2.75) is 69.2 Å². The summed E-state index contributed by atoms with van der Waals surface area (Å²) < 4.78 is 23.0. The van der Waals surface area contributed by atoms with Crippen LogP contribution < -0.4 is 25.3 Å². The van der Waals surface area contributed by atoms with Crippen LogP contribution >= 0.6 is 0 Å². The van der Waals surface area contributed by atoms with Gasteiger partial charge in [0, 0.05) is 31.7 Å². The molecule has 2 aromatic rings. The van der Waals surface area contributed by atoms with Crippen LogP contribution in [0.25, 0.3) is 0 Å². The second-order valence-corrected chi connectivity index (χ2v) is 10.8. The molecule has 1 saturated heterocycles. The minimum atomic E-state index is -0.610. The number of methoxy groups -OCH3 is 2. The first-order chi connectivity index (χ1) is 19.4. The van der Waals surface area contributed by atoms with E-state index in [1.807, 2.05) is 24.3 Å². The number of amides is 1. The van der Waals surface area contributed by atoms with E-state index in [0.29, 0.717) is 31.0 Å². The summed E-state index contributed by atoms with van der Waals surface area (Å²) in [6.07, 6.45) is 6.48. The minimum Gasteiger partial charge on any atom is -0.493 e. The first kappa shape index (κ1) is 30.1. The third kappa shape index (κ3) is 8.83. The molecule has 0 spiro atoms. The van der Waals surface area contributed by atoms with Gasteiger partial charge in [0.1, 0.15) is 18.5 Å². The van der Waals surface area contributed by atoms with E-state index in [1.165, 1.54) is 24.8 Å². The molecule has 2 fully saturated rings. The fraction of sp³-hybridized carbons (Fsp3) is 0.581. The van der Waals surface area contributed by atoms with E-state index < -0.39 is 6.10 Å². The van der Waals surface area contributed by atoms with Crippen molar-refractivity contribution in [1.82, 2.24) is 10.2 Å². The van der Waals surface area contributed by atoms with Crippen LogP contribution in [-0.2, 0) is 22.4 Å². The minimum absolute atomic E-state index is 0.206. The number of hydrogen-bond acceptors (Lipinski definition) is 8. The molecule has 1 saturated carbocycles. The molecule has 0 bridgehead atoms. The van der Waals surface area contributed by atoms with Gasteiger partial charge in [-0.15, -0.1) is 0 Å². The summed E-state index contributed by atoms with van der Waals surface area (Å²) in [5.74, 6) is 1.79. The SMILES string of the molecule is COc1ccc(CCO[C@H]2CCCC[C@H]2N2CC[C@@H](NCC(O)COc3ccc(CC(N)=O)cc3)C2)cc1OC. The summed E-state index contributed by atoms with van der Waals surface area (Å²) in [7, 11) is 3.31. The highest BCUT2D eigenvalue weighted by atomic mass is 16.5. The van der Waals surface area contributed by atoms with Crippen molar-refractivity contribution in [2.24, 2.45) is 5.73 Å². The van der Waals surface area contributed by atoms with Crippen molar-refractivity contribution in [3.63, 3.8) is 0 Å². The predicted octanol–water partition coefficient (Wildman–Crippen LogP) is 2.71. The molecule has 0 aromatic heterocycles. The third-order valence-electron chi connectivity index (χ3n) is 7.91. The first-order valence-corrected chi connectivity index (χ1v) is 14.4. The van der Waals surface area contributed by atoms with E-state index in [1.54, 1.807) is 26.4 Å². The second kappa shape index (κ2) is 15.2. The van der Waals surface area contributed by atoms with Crippen molar-refractivity contribution in [3.8, 4) is 17.2 Å². The number of likely N-dealkylation sites (tertiary alicyclic amines) is 1. The standard InChI is InChI=1S/C31H45N3O6/c1-37-29-12-9-23(17-30(29)38-2)14-16-39-28-6-4-3-5-27(28)34-15-13-24(20-34)33-19-25(35)21-40-26-10-7-22(8-11-26)18-31(32)36/h7-12,17,24-25,27-28,33,35H,3-6,13-16,18-21H2,1-2H3,(H2,32,36)/t24-,25?,27-,28+/m1/s1. The van der Waals surface area contributed by atoms with Crippen LogP contribution in [0.1, 0.15) is 43.2 Å². The number of carbonyl (C=O) groups excluding carboxylic acids is 1. The molecular weight excluding hydrogens is 510 g/mol. The number of ether oxygens (including phenoxy) is 4. The molecular formula is C31H45N3O6. The van der Waals surface area contributed by atoms with Crippen LogP contribution in [0.2, 0.25) is 0 Å². The van der Waals surface area contributed by atoms with E-state index in [2.05, 4.69) is 16.3 Å². The number of hydrogen-bond donors (Lipinski definition) is 3. The van der Waals surface area contributed by atoms with E-state index in [-0.39, 0.29) is 25.0 Å². The molecule has 4 N–H and O–H groups in total. The van der Waals surface area contributed by atoms with Gasteiger partial charge in [0.05, 0.1) is 33.4 Å². The molecule has 1 aliphatic carbocycles. The summed E-state index contributed by atoms with van der Waals surface area (Å²) in [6.45, 7) is 3.38. The van der Waals surface area contributed by atoms with Gasteiger partial charge in [0.15, 0.2) is 11.5 Å². The highest BCUT2D eigenvalue weighted by molar-refractivity contribution is 5.76. The summed E-state index contributed by atoms with van der Waals surface area (Å²) in [5, 5.41) is 14.0. The van der Waals surface area contributed by atoms with Crippen molar-refractivity contribution >= 4 is 5.91 Å². The number of rotatable bonds is 15. The summed E-state index contributed by atoms with van der Waals surface area (Å²) >= 11 is 0. The number of primary amides is 1. The van der Waals surface area contributed by atoms with Gasteiger partial charge in [-0.25, -0.2) is 0 Å². The zero-order valence-corrected chi connectivity index (χ0v) is 23.8. The molecule has 220 valence electrons. The quantitative estimate of drug-likeness (QED) is 0.307. The van der Waals surface area contributed by atoms with Gasteiger partial charge in [0.25, 0.3) is 0 Å². The molecule has 9 nitrogen and oxygen atoms in total. The van der Waals surface area contributed by atoms with Gasteiger partial charge < -0.3 is 35.1 Å². The summed E-state index contributed by atoms with van der Waals surface area (Å²) in [5.41, 5.74) is 7.26. The fourth-order valence-corrected chi connectivity index (χ4v) is 5.77. The zero-order valence-electron chi connectivity index (χ0n) is 23.8. The molecule has 1 unspecified atom stereocenters. The lowest BCUT2D eigenvalue weighted by atomic mass is 9.91. The zero-order chi connectivity index (χ0) is 28.3. The number of nitrogens with two attached hydrogens (primary N) is 1. The number of nitrogens with zero attached hydrogens (tertiary/aromatic N) is 1. The Bertz CT molecular complexity index is 1070. The molecule has 4 rings (SSSR count). The lowest BCUT2D eigenvalue weighted by molar-refractivity contribution is -0.117. The number of aliphatic hydroxyl groups excluding tert-OH is 1. The Morgan fingerprint density at radius 1 is 1.05 bits per heavy atom. The Labute approximate surface area is 237 Å². The molecule has 2 aromatic carbocycles. The Kier molecular flexibility index (Phi) is 11.5. The van der Waals surface area contributed by atoms with Gasteiger partial charge in [-0.2, -0.15) is 0 Å². The molecule has 9 heteroatoms. The number of carbonyl (C=O) groups is 1. The van der Waals surface area contributed by atoms with Crippen molar-refractivity contribution in [1.29, 1.82) is 0 Å². The Balaban J connectivity index is 1.17. The van der Waals surface area contributed by atoms with Crippen LogP contribution in [-0.4, -0.2) is 87.3 Å². The van der Waals surface area contributed by atoms with Crippen LogP contribution in [0.3, 0.4) is 0 Å². The monoisotopic (exact) mass is 555 g/mol. The third-order valence-corrected chi connectivity index (χ3v) is 7.91. The van der Waals surface area contributed by atoms with E-state index in [4.69, 9.17) is 24.7 Å². The Morgan fingerprint density at radius 3 is 2.55 bits per heavy atom. The van der Waals surface area contributed by atoms with Crippen molar-refractivity contribution in [2.75, 3.05) is 47.1 Å². The van der Waals surface area contributed by atoms with E-state index in [0.717, 1.165) is 49.4 Å². The van der Waals surface area contributed by atoms with Crippen LogP contribution in [0.15, 0.2) is 42.5 Å². The number of aliphatic hydroxyl groups is 1. The Hall–Kier alpha value is -2.85. The molecule has 0 radical (unpaired) electrons. The van der Waals surface area contributed by atoms with Crippen molar-refractivity contribution in [3.05, 3.63) is 53.6 Å². The fourth-order valence-electron chi connectivity index (χ4n) is 5.77. The topological polar surface area (TPSA) is 116 Å². The molecule has 1 heterocycles. The first-order valence-electron chi connectivity index (χ1n) is 14.4. The average molecular weight is 556 g/mol.